The van der Waals surface area contributed by atoms with Crippen LogP contribution in [0.1, 0.15) is 13.8 Å². The monoisotopic (exact) mass is 214 g/mol. The molecule has 0 radical (unpaired) electrons. The average molecular weight is 214 g/mol. The van der Waals surface area contributed by atoms with Gasteiger partial charge in [0, 0.05) is 24.3 Å². The summed E-state index contributed by atoms with van der Waals surface area (Å²) in [6.07, 6.45) is 6.38. The molecule has 0 N–H and O–H groups in total. The maximum atomic E-state index is 2.26. The van der Waals surface area contributed by atoms with E-state index in [2.05, 4.69) is 71.9 Å². The molecule has 2 rings (SSSR count). The van der Waals surface area contributed by atoms with Crippen LogP contribution in [-0.4, -0.2) is 0 Å². The maximum Gasteiger partial charge on any atom is 0.212 e. The van der Waals surface area contributed by atoms with Crippen LogP contribution in [0.2, 0.25) is 0 Å². The van der Waals surface area contributed by atoms with E-state index in [4.69, 9.17) is 0 Å². The van der Waals surface area contributed by atoms with Crippen molar-refractivity contribution in [1.29, 1.82) is 0 Å². The molecule has 0 aliphatic heterocycles. The first-order chi connectivity index (χ1) is 7.85. The summed E-state index contributed by atoms with van der Waals surface area (Å²) in [4.78, 5) is 0. The molecule has 0 spiro atoms. The van der Waals surface area contributed by atoms with Crippen molar-refractivity contribution in [3.8, 4) is 11.3 Å². The van der Waals surface area contributed by atoms with E-state index in [1.807, 2.05) is 0 Å². The minimum Gasteiger partial charge on any atom is -0.205 e. The van der Waals surface area contributed by atoms with Gasteiger partial charge in [-0.25, -0.2) is 4.57 Å². The van der Waals surface area contributed by atoms with Crippen molar-refractivity contribution in [1.82, 2.24) is 0 Å². The Bertz CT molecular complexity index is 460. The Morgan fingerprint density at radius 1 is 0.875 bits per heavy atom. The second-order valence-electron chi connectivity index (χ2n) is 3.79. The summed E-state index contributed by atoms with van der Waals surface area (Å²) in [6, 6.07) is 10.7. The molecule has 0 aliphatic rings. The lowest BCUT2D eigenvalue weighted by Crippen LogP contribution is -2.35. The van der Waals surface area contributed by atoms with Gasteiger partial charge in [0.15, 0.2) is 18.6 Å². The second kappa shape index (κ2) is 4.88. The Kier molecular flexibility index (Phi) is 3.30. The van der Waals surface area contributed by atoms with Crippen molar-refractivity contribution in [2.75, 3.05) is 0 Å². The first-order valence-electron chi connectivity index (χ1n) is 5.83. The van der Waals surface area contributed by atoms with Gasteiger partial charge in [0.1, 0.15) is 13.1 Å². The zero-order valence-corrected chi connectivity index (χ0v) is 9.93. The molecule has 0 atom stereocenters. The van der Waals surface area contributed by atoms with Gasteiger partial charge in [0.2, 0.25) is 5.69 Å². The summed E-state index contributed by atoms with van der Waals surface area (Å²) in [6.45, 7) is 6.33. The van der Waals surface area contributed by atoms with E-state index in [9.17, 15) is 0 Å². The molecule has 0 saturated heterocycles. The third-order valence-electron chi connectivity index (χ3n) is 2.83. The Hall–Kier alpha value is -1.70. The molecule has 2 heterocycles. The number of rotatable bonds is 3. The zero-order valence-electron chi connectivity index (χ0n) is 9.93. The van der Waals surface area contributed by atoms with Crippen molar-refractivity contribution in [2.45, 2.75) is 26.9 Å². The van der Waals surface area contributed by atoms with Crippen LogP contribution in [0, 0.1) is 0 Å². The molecule has 2 heteroatoms. The zero-order chi connectivity index (χ0) is 11.4. The molecule has 2 nitrogen and oxygen atoms in total. The Morgan fingerprint density at radius 2 is 1.62 bits per heavy atom. The lowest BCUT2D eigenvalue weighted by Gasteiger charge is -2.00. The molecule has 0 saturated carbocycles. The quantitative estimate of drug-likeness (QED) is 0.690. The van der Waals surface area contributed by atoms with Crippen molar-refractivity contribution in [3.63, 3.8) is 0 Å². The topological polar surface area (TPSA) is 7.76 Å². The Morgan fingerprint density at radius 3 is 2.25 bits per heavy atom. The fourth-order valence-electron chi connectivity index (χ4n) is 1.85. The van der Waals surface area contributed by atoms with E-state index >= 15 is 0 Å². The van der Waals surface area contributed by atoms with Crippen molar-refractivity contribution in [2.24, 2.45) is 0 Å². The van der Waals surface area contributed by atoms with Crippen LogP contribution in [0.5, 0.6) is 0 Å². The van der Waals surface area contributed by atoms with Crippen LogP contribution in [0.3, 0.4) is 0 Å². The Balaban J connectivity index is 2.42. The number of nitrogens with zero attached hydrogens (tertiary/aromatic N) is 2. The normalized spacial score (nSPS) is 10.4. The second-order valence-corrected chi connectivity index (χ2v) is 3.79. The third kappa shape index (κ3) is 2.11. The van der Waals surface area contributed by atoms with Gasteiger partial charge in [-0.1, -0.05) is 0 Å². The van der Waals surface area contributed by atoms with Crippen molar-refractivity contribution in [3.05, 3.63) is 48.9 Å². The van der Waals surface area contributed by atoms with Crippen LogP contribution >= 0.6 is 0 Å². The number of aryl methyl sites for hydroxylation is 2. The molecule has 82 valence electrons. The summed E-state index contributed by atoms with van der Waals surface area (Å²) >= 11 is 0. The smallest absolute Gasteiger partial charge is 0.205 e. The molecule has 0 fully saturated rings. The lowest BCUT2D eigenvalue weighted by atomic mass is 10.1. The highest BCUT2D eigenvalue weighted by molar-refractivity contribution is 5.54. The number of hydrogen-bond acceptors (Lipinski definition) is 0. The molecule has 0 aromatic carbocycles. The largest absolute Gasteiger partial charge is 0.212 e. The predicted molar refractivity (Wildman–Crippen MR) is 63.6 cm³/mol. The van der Waals surface area contributed by atoms with Gasteiger partial charge >= 0.3 is 0 Å². The van der Waals surface area contributed by atoms with Gasteiger partial charge in [-0.15, -0.1) is 0 Å². The van der Waals surface area contributed by atoms with Crippen LogP contribution in [0.4, 0.5) is 0 Å². The summed E-state index contributed by atoms with van der Waals surface area (Å²) in [5.74, 6) is 0. The molecular weight excluding hydrogens is 196 g/mol. The van der Waals surface area contributed by atoms with Crippen molar-refractivity contribution >= 4 is 0 Å². The van der Waals surface area contributed by atoms with Crippen molar-refractivity contribution < 1.29 is 9.13 Å². The standard InChI is InChI=1S/C14H18N2/c1-3-15-11-8-13(9-12-15)14-7-5-6-10-16(14)4-2/h5-12H,3-4H2,1-2H3/q+2. The van der Waals surface area contributed by atoms with E-state index in [0.29, 0.717) is 0 Å². The van der Waals surface area contributed by atoms with Crippen LogP contribution < -0.4 is 9.13 Å². The summed E-state index contributed by atoms with van der Waals surface area (Å²) in [5.41, 5.74) is 2.54. The summed E-state index contributed by atoms with van der Waals surface area (Å²) in [7, 11) is 0. The molecule has 0 unspecified atom stereocenters. The minimum atomic E-state index is 0.999. The number of pyridine rings is 2. The molecule has 2 aromatic heterocycles. The fraction of sp³-hybridized carbons (Fsp3) is 0.286. The molecule has 0 aliphatic carbocycles. The van der Waals surface area contributed by atoms with Gasteiger partial charge in [-0.2, -0.15) is 4.57 Å². The highest BCUT2D eigenvalue weighted by atomic mass is 15.0. The van der Waals surface area contributed by atoms with Crippen LogP contribution in [-0.2, 0) is 13.1 Å². The SMILES string of the molecule is CC[n+]1ccc(-c2cccc[n+]2CC)cc1. The molecule has 0 amide bonds. The predicted octanol–water partition coefficient (Wildman–Crippen LogP) is 1.97. The first kappa shape index (κ1) is 10.8. The van der Waals surface area contributed by atoms with E-state index < -0.39 is 0 Å². The molecule has 16 heavy (non-hydrogen) atoms. The Labute approximate surface area is 96.8 Å². The maximum absolute atomic E-state index is 2.26. The van der Waals surface area contributed by atoms with E-state index in [-0.39, 0.29) is 0 Å². The summed E-state index contributed by atoms with van der Waals surface area (Å²) < 4.78 is 4.42. The van der Waals surface area contributed by atoms with Gasteiger partial charge in [-0.3, -0.25) is 0 Å². The van der Waals surface area contributed by atoms with E-state index in [1.54, 1.807) is 0 Å². The minimum absolute atomic E-state index is 0.999. The lowest BCUT2D eigenvalue weighted by molar-refractivity contribution is -0.694. The molecule has 0 bridgehead atoms. The molecular formula is C14H18N2+2. The molecule has 2 aromatic rings. The fourth-order valence-corrected chi connectivity index (χ4v) is 1.85. The number of aromatic nitrogens is 2. The van der Waals surface area contributed by atoms with Gasteiger partial charge < -0.3 is 0 Å². The van der Waals surface area contributed by atoms with Gasteiger partial charge in [-0.05, 0) is 19.9 Å². The number of hydrogen-bond donors (Lipinski definition) is 0. The van der Waals surface area contributed by atoms with Gasteiger partial charge in [0.05, 0.1) is 5.56 Å². The third-order valence-corrected chi connectivity index (χ3v) is 2.83. The highest BCUT2D eigenvalue weighted by Crippen LogP contribution is 2.12. The first-order valence-corrected chi connectivity index (χ1v) is 5.83. The van der Waals surface area contributed by atoms with Crippen LogP contribution in [0.15, 0.2) is 48.9 Å². The summed E-state index contributed by atoms with van der Waals surface area (Å²) in [5, 5.41) is 0. The van der Waals surface area contributed by atoms with E-state index in [0.717, 1.165) is 13.1 Å². The van der Waals surface area contributed by atoms with E-state index in [1.165, 1.54) is 11.3 Å². The van der Waals surface area contributed by atoms with Crippen LogP contribution in [0.25, 0.3) is 11.3 Å². The average Bonchev–Trinajstić information content (AvgIpc) is 2.39. The highest BCUT2D eigenvalue weighted by Gasteiger charge is 2.11. The van der Waals surface area contributed by atoms with Gasteiger partial charge in [0.25, 0.3) is 0 Å².